The summed E-state index contributed by atoms with van der Waals surface area (Å²) in [5.74, 6) is -0.163. The smallest absolute Gasteiger partial charge is 0.137 e. The van der Waals surface area contributed by atoms with Crippen molar-refractivity contribution in [1.29, 1.82) is 0 Å². The molecule has 0 unspecified atom stereocenters. The standard InChI is InChI=1S/C14H20BrFN2.ClH/c1-2-3-14(18-8-6-17-7-9-18)11-4-5-12(15)13(16)10-11;/h4-5,10,14,17H,2-3,6-9H2,1H3;1H/t14-;/m1./s1. The van der Waals surface area contributed by atoms with Crippen LogP contribution >= 0.6 is 28.3 Å². The van der Waals surface area contributed by atoms with Gasteiger partial charge in [-0.25, -0.2) is 4.39 Å². The first-order valence-electron chi connectivity index (χ1n) is 6.62. The van der Waals surface area contributed by atoms with Gasteiger partial charge >= 0.3 is 0 Å². The Balaban J connectivity index is 0.00000180. The van der Waals surface area contributed by atoms with Gasteiger partial charge in [0.15, 0.2) is 0 Å². The van der Waals surface area contributed by atoms with Crippen molar-refractivity contribution in [3.63, 3.8) is 0 Å². The minimum atomic E-state index is -0.163. The van der Waals surface area contributed by atoms with Crippen molar-refractivity contribution < 1.29 is 4.39 Å². The molecular weight excluding hydrogens is 331 g/mol. The quantitative estimate of drug-likeness (QED) is 0.888. The van der Waals surface area contributed by atoms with E-state index in [-0.39, 0.29) is 18.2 Å². The molecule has 108 valence electrons. The average molecular weight is 352 g/mol. The molecule has 1 saturated heterocycles. The Morgan fingerprint density at radius 1 is 1.37 bits per heavy atom. The van der Waals surface area contributed by atoms with Gasteiger partial charge in [-0.3, -0.25) is 4.90 Å². The first kappa shape index (κ1) is 16.9. The highest BCUT2D eigenvalue weighted by Crippen LogP contribution is 2.28. The van der Waals surface area contributed by atoms with Gasteiger partial charge in [0.1, 0.15) is 5.82 Å². The maximum absolute atomic E-state index is 13.7. The Morgan fingerprint density at radius 3 is 2.63 bits per heavy atom. The highest BCUT2D eigenvalue weighted by molar-refractivity contribution is 9.10. The minimum absolute atomic E-state index is 0. The third kappa shape index (κ3) is 4.42. The van der Waals surface area contributed by atoms with Crippen LogP contribution in [0.2, 0.25) is 0 Å². The monoisotopic (exact) mass is 350 g/mol. The molecule has 1 fully saturated rings. The fourth-order valence-electron chi connectivity index (χ4n) is 2.55. The van der Waals surface area contributed by atoms with E-state index in [4.69, 9.17) is 0 Å². The Morgan fingerprint density at radius 2 is 2.05 bits per heavy atom. The Hall–Kier alpha value is -0.160. The fraction of sp³-hybridized carbons (Fsp3) is 0.571. The molecule has 19 heavy (non-hydrogen) atoms. The van der Waals surface area contributed by atoms with Gasteiger partial charge in [0.25, 0.3) is 0 Å². The topological polar surface area (TPSA) is 15.3 Å². The van der Waals surface area contributed by atoms with Gasteiger partial charge in [-0.05, 0) is 40.0 Å². The van der Waals surface area contributed by atoms with E-state index in [1.165, 1.54) is 0 Å². The number of hydrogen-bond donors (Lipinski definition) is 1. The summed E-state index contributed by atoms with van der Waals surface area (Å²) in [6.45, 7) is 6.33. The van der Waals surface area contributed by atoms with Crippen LogP contribution in [0.15, 0.2) is 22.7 Å². The van der Waals surface area contributed by atoms with Gasteiger partial charge in [-0.1, -0.05) is 19.4 Å². The summed E-state index contributed by atoms with van der Waals surface area (Å²) in [7, 11) is 0. The molecule has 0 spiro atoms. The third-order valence-electron chi connectivity index (χ3n) is 3.48. The van der Waals surface area contributed by atoms with Gasteiger partial charge in [0.05, 0.1) is 4.47 Å². The summed E-state index contributed by atoms with van der Waals surface area (Å²) in [6, 6.07) is 5.87. The first-order valence-corrected chi connectivity index (χ1v) is 7.41. The van der Waals surface area contributed by atoms with Crippen molar-refractivity contribution in [2.45, 2.75) is 25.8 Å². The maximum atomic E-state index is 13.7. The number of rotatable bonds is 4. The molecule has 0 saturated carbocycles. The maximum Gasteiger partial charge on any atom is 0.137 e. The van der Waals surface area contributed by atoms with Crippen LogP contribution in [0.3, 0.4) is 0 Å². The molecule has 5 heteroatoms. The lowest BCUT2D eigenvalue weighted by Crippen LogP contribution is -2.45. The van der Waals surface area contributed by atoms with Crippen molar-refractivity contribution >= 4 is 28.3 Å². The van der Waals surface area contributed by atoms with Crippen molar-refractivity contribution in [3.8, 4) is 0 Å². The van der Waals surface area contributed by atoms with Gasteiger partial charge < -0.3 is 5.32 Å². The first-order chi connectivity index (χ1) is 8.72. The second-order valence-electron chi connectivity index (χ2n) is 4.76. The van der Waals surface area contributed by atoms with E-state index >= 15 is 0 Å². The number of hydrogen-bond acceptors (Lipinski definition) is 2. The molecule has 1 aliphatic rings. The molecule has 0 radical (unpaired) electrons. The Kier molecular flexibility index (Phi) is 7.29. The molecule has 1 aliphatic heterocycles. The third-order valence-corrected chi connectivity index (χ3v) is 4.13. The minimum Gasteiger partial charge on any atom is -0.314 e. The van der Waals surface area contributed by atoms with Crippen LogP contribution in [0.4, 0.5) is 4.39 Å². The predicted octanol–water partition coefficient (Wildman–Crippen LogP) is 3.76. The number of nitrogens with one attached hydrogen (secondary N) is 1. The zero-order valence-electron chi connectivity index (χ0n) is 11.2. The summed E-state index contributed by atoms with van der Waals surface area (Å²) in [4.78, 5) is 2.46. The van der Waals surface area contributed by atoms with E-state index < -0.39 is 0 Å². The molecule has 0 amide bonds. The zero-order chi connectivity index (χ0) is 13.0. The normalized spacial score (nSPS) is 17.8. The van der Waals surface area contributed by atoms with Crippen LogP contribution in [0.1, 0.15) is 31.4 Å². The molecule has 1 atom stereocenters. The lowest BCUT2D eigenvalue weighted by atomic mass is 10.00. The van der Waals surface area contributed by atoms with Crippen molar-refractivity contribution in [3.05, 3.63) is 34.1 Å². The van der Waals surface area contributed by atoms with Gasteiger partial charge in [0, 0.05) is 32.2 Å². The highest BCUT2D eigenvalue weighted by Gasteiger charge is 2.21. The van der Waals surface area contributed by atoms with Crippen LogP contribution < -0.4 is 5.32 Å². The largest absolute Gasteiger partial charge is 0.314 e. The second kappa shape index (κ2) is 8.20. The summed E-state index contributed by atoms with van der Waals surface area (Å²) >= 11 is 3.21. The van der Waals surface area contributed by atoms with E-state index in [1.54, 1.807) is 6.07 Å². The SMILES string of the molecule is CCC[C@H](c1ccc(Br)c(F)c1)N1CCNCC1.Cl. The molecule has 2 nitrogen and oxygen atoms in total. The lowest BCUT2D eigenvalue weighted by molar-refractivity contribution is 0.164. The molecule has 1 heterocycles. The molecule has 0 aromatic heterocycles. The lowest BCUT2D eigenvalue weighted by Gasteiger charge is -2.35. The summed E-state index contributed by atoms with van der Waals surface area (Å²) in [5, 5.41) is 3.36. The van der Waals surface area contributed by atoms with E-state index in [1.807, 2.05) is 12.1 Å². The van der Waals surface area contributed by atoms with Crippen LogP contribution in [-0.4, -0.2) is 31.1 Å². The van der Waals surface area contributed by atoms with Crippen molar-refractivity contribution in [2.75, 3.05) is 26.2 Å². The molecule has 0 aliphatic carbocycles. The van der Waals surface area contributed by atoms with Crippen LogP contribution in [0.5, 0.6) is 0 Å². The predicted molar refractivity (Wildman–Crippen MR) is 83.4 cm³/mol. The molecule has 1 aromatic rings. The van der Waals surface area contributed by atoms with Crippen molar-refractivity contribution in [1.82, 2.24) is 10.2 Å². The molecule has 2 rings (SSSR count). The zero-order valence-corrected chi connectivity index (χ0v) is 13.6. The summed E-state index contributed by atoms with van der Waals surface area (Å²) in [6.07, 6.45) is 2.20. The average Bonchev–Trinajstić information content (AvgIpc) is 2.40. The Labute approximate surface area is 129 Å². The van der Waals surface area contributed by atoms with Gasteiger partial charge in [-0.15, -0.1) is 12.4 Å². The number of halogens is 3. The Bertz CT molecular complexity index is 397. The molecule has 1 N–H and O–H groups in total. The van der Waals surface area contributed by atoms with Crippen LogP contribution in [0, 0.1) is 5.82 Å². The van der Waals surface area contributed by atoms with Gasteiger partial charge in [0.2, 0.25) is 0 Å². The molecular formula is C14H21BrClFN2. The number of nitrogens with zero attached hydrogens (tertiary/aromatic N) is 1. The van der Waals surface area contributed by atoms with E-state index in [2.05, 4.69) is 33.1 Å². The fourth-order valence-corrected chi connectivity index (χ4v) is 2.79. The summed E-state index contributed by atoms with van der Waals surface area (Å²) in [5.41, 5.74) is 1.10. The number of piperazine rings is 1. The van der Waals surface area contributed by atoms with E-state index in [0.717, 1.165) is 44.6 Å². The highest BCUT2D eigenvalue weighted by atomic mass is 79.9. The molecule has 1 aromatic carbocycles. The van der Waals surface area contributed by atoms with Gasteiger partial charge in [-0.2, -0.15) is 0 Å². The van der Waals surface area contributed by atoms with Crippen LogP contribution in [0.25, 0.3) is 0 Å². The summed E-state index contributed by atoms with van der Waals surface area (Å²) < 4.78 is 14.2. The second-order valence-corrected chi connectivity index (χ2v) is 5.62. The molecule has 0 bridgehead atoms. The van der Waals surface area contributed by atoms with Crippen LogP contribution in [-0.2, 0) is 0 Å². The van der Waals surface area contributed by atoms with Crippen molar-refractivity contribution in [2.24, 2.45) is 0 Å². The van der Waals surface area contributed by atoms with E-state index in [9.17, 15) is 4.39 Å². The number of benzene rings is 1. The van der Waals surface area contributed by atoms with E-state index in [0.29, 0.717) is 10.5 Å².